The summed E-state index contributed by atoms with van der Waals surface area (Å²) in [6, 6.07) is 10.6. The highest BCUT2D eigenvalue weighted by Gasteiger charge is 2.10. The first kappa shape index (κ1) is 14.0. The quantitative estimate of drug-likeness (QED) is 0.739. The van der Waals surface area contributed by atoms with Crippen molar-refractivity contribution in [2.45, 2.75) is 26.7 Å². The normalized spacial score (nSPS) is 11.0. The van der Waals surface area contributed by atoms with E-state index in [4.69, 9.17) is 4.98 Å². The van der Waals surface area contributed by atoms with E-state index < -0.39 is 0 Å². The summed E-state index contributed by atoms with van der Waals surface area (Å²) in [5.41, 5.74) is 2.21. The highest BCUT2D eigenvalue weighted by Crippen LogP contribution is 2.32. The largest absolute Gasteiger partial charge is 0.370 e. The first-order valence-corrected chi connectivity index (χ1v) is 8.28. The predicted octanol–water partition coefficient (Wildman–Crippen LogP) is 4.74. The van der Waals surface area contributed by atoms with E-state index in [1.165, 1.54) is 15.6 Å². The number of hydrogen-bond acceptors (Lipinski definition) is 4. The Labute approximate surface area is 129 Å². The number of benzene rings is 1. The maximum Gasteiger partial charge on any atom is 0.131 e. The lowest BCUT2D eigenvalue weighted by atomic mass is 10.1. The zero-order valence-electron chi connectivity index (χ0n) is 12.4. The average Bonchev–Trinajstić information content (AvgIpc) is 2.96. The Kier molecular flexibility index (Phi) is 4.15. The van der Waals surface area contributed by atoms with Crippen molar-refractivity contribution in [3.05, 3.63) is 41.5 Å². The lowest BCUT2D eigenvalue weighted by Gasteiger charge is -2.09. The first-order chi connectivity index (χ1) is 10.3. The standard InChI is InChI=1S/C17H19N3S/c1-3-6-15-19-14(11-16(20-15)18-4-2)13-8-5-7-12-9-10-21-17(12)13/h5,7-11H,3-4,6H2,1-2H3,(H,18,19,20). The van der Waals surface area contributed by atoms with Gasteiger partial charge in [0, 0.05) is 29.3 Å². The van der Waals surface area contributed by atoms with Gasteiger partial charge in [-0.2, -0.15) is 0 Å². The highest BCUT2D eigenvalue weighted by atomic mass is 32.1. The first-order valence-electron chi connectivity index (χ1n) is 7.40. The molecule has 0 unspecified atom stereocenters. The number of hydrogen-bond donors (Lipinski definition) is 1. The Hall–Kier alpha value is -1.94. The van der Waals surface area contributed by atoms with Crippen LogP contribution in [0.4, 0.5) is 5.82 Å². The van der Waals surface area contributed by atoms with Crippen molar-refractivity contribution in [3.63, 3.8) is 0 Å². The summed E-state index contributed by atoms with van der Waals surface area (Å²) in [7, 11) is 0. The SMILES string of the molecule is CCCc1nc(NCC)cc(-c2cccc3ccsc23)n1. The van der Waals surface area contributed by atoms with Crippen molar-refractivity contribution >= 4 is 27.2 Å². The van der Waals surface area contributed by atoms with Crippen LogP contribution in [0.3, 0.4) is 0 Å². The minimum atomic E-state index is 0.866. The number of rotatable bonds is 5. The Balaban J connectivity index is 2.14. The van der Waals surface area contributed by atoms with Crippen LogP contribution >= 0.6 is 11.3 Å². The van der Waals surface area contributed by atoms with Gasteiger partial charge in [-0.3, -0.25) is 0 Å². The number of fused-ring (bicyclic) bond motifs is 1. The van der Waals surface area contributed by atoms with E-state index in [9.17, 15) is 0 Å². The second-order valence-electron chi connectivity index (χ2n) is 4.98. The molecule has 108 valence electrons. The number of aromatic nitrogens is 2. The van der Waals surface area contributed by atoms with Crippen LogP contribution in [-0.4, -0.2) is 16.5 Å². The number of thiophene rings is 1. The number of nitrogens with zero attached hydrogens (tertiary/aromatic N) is 2. The zero-order valence-corrected chi connectivity index (χ0v) is 13.2. The monoisotopic (exact) mass is 297 g/mol. The minimum absolute atomic E-state index is 0.866. The van der Waals surface area contributed by atoms with Gasteiger partial charge in [-0.05, 0) is 30.2 Å². The summed E-state index contributed by atoms with van der Waals surface area (Å²) < 4.78 is 1.29. The van der Waals surface area contributed by atoms with Gasteiger partial charge in [-0.25, -0.2) is 9.97 Å². The molecule has 0 aliphatic carbocycles. The summed E-state index contributed by atoms with van der Waals surface area (Å²) >= 11 is 1.77. The van der Waals surface area contributed by atoms with E-state index >= 15 is 0 Å². The van der Waals surface area contributed by atoms with Crippen molar-refractivity contribution in [2.75, 3.05) is 11.9 Å². The highest BCUT2D eigenvalue weighted by molar-refractivity contribution is 7.17. The van der Waals surface area contributed by atoms with Crippen LogP contribution in [0.25, 0.3) is 21.3 Å². The molecule has 2 heterocycles. The zero-order chi connectivity index (χ0) is 14.7. The minimum Gasteiger partial charge on any atom is -0.370 e. The number of anilines is 1. The van der Waals surface area contributed by atoms with Crippen LogP contribution in [0.1, 0.15) is 26.1 Å². The lowest BCUT2D eigenvalue weighted by molar-refractivity contribution is 0.837. The Morgan fingerprint density at radius 3 is 2.86 bits per heavy atom. The molecule has 0 aliphatic heterocycles. The molecule has 0 saturated carbocycles. The summed E-state index contributed by atoms with van der Waals surface area (Å²) in [6.07, 6.45) is 1.96. The van der Waals surface area contributed by atoms with Crippen molar-refractivity contribution in [1.82, 2.24) is 9.97 Å². The number of nitrogens with one attached hydrogen (secondary N) is 1. The van der Waals surface area contributed by atoms with Crippen molar-refractivity contribution in [3.8, 4) is 11.3 Å². The summed E-state index contributed by atoms with van der Waals surface area (Å²) in [5.74, 6) is 1.83. The van der Waals surface area contributed by atoms with Gasteiger partial charge in [0.15, 0.2) is 0 Å². The van der Waals surface area contributed by atoms with Crippen LogP contribution in [0, 0.1) is 0 Å². The molecule has 4 heteroatoms. The fraction of sp³-hybridized carbons (Fsp3) is 0.294. The second-order valence-corrected chi connectivity index (χ2v) is 5.90. The predicted molar refractivity (Wildman–Crippen MR) is 91.0 cm³/mol. The van der Waals surface area contributed by atoms with Gasteiger partial charge < -0.3 is 5.32 Å². The molecule has 21 heavy (non-hydrogen) atoms. The third-order valence-corrected chi connectivity index (χ3v) is 4.32. The Morgan fingerprint density at radius 1 is 1.14 bits per heavy atom. The molecule has 0 bridgehead atoms. The van der Waals surface area contributed by atoms with Crippen molar-refractivity contribution in [2.24, 2.45) is 0 Å². The van der Waals surface area contributed by atoms with Gasteiger partial charge in [0.1, 0.15) is 11.6 Å². The maximum absolute atomic E-state index is 4.76. The molecule has 1 aromatic carbocycles. The molecule has 1 N–H and O–H groups in total. The second kappa shape index (κ2) is 6.22. The van der Waals surface area contributed by atoms with E-state index in [-0.39, 0.29) is 0 Å². The topological polar surface area (TPSA) is 37.8 Å². The molecule has 0 aliphatic rings. The molecule has 0 atom stereocenters. The van der Waals surface area contributed by atoms with Gasteiger partial charge in [0.25, 0.3) is 0 Å². The van der Waals surface area contributed by atoms with Crippen LogP contribution in [0.15, 0.2) is 35.7 Å². The fourth-order valence-electron chi connectivity index (χ4n) is 2.44. The molecule has 3 nitrogen and oxygen atoms in total. The van der Waals surface area contributed by atoms with E-state index in [0.717, 1.165) is 36.7 Å². The third-order valence-electron chi connectivity index (χ3n) is 3.36. The third kappa shape index (κ3) is 2.90. The van der Waals surface area contributed by atoms with Crippen LogP contribution in [-0.2, 0) is 6.42 Å². The summed E-state index contributed by atoms with van der Waals surface area (Å²) in [4.78, 5) is 9.35. The van der Waals surface area contributed by atoms with E-state index in [0.29, 0.717) is 0 Å². The van der Waals surface area contributed by atoms with Gasteiger partial charge in [0.2, 0.25) is 0 Å². The molecule has 0 amide bonds. The maximum atomic E-state index is 4.76. The van der Waals surface area contributed by atoms with Crippen molar-refractivity contribution in [1.29, 1.82) is 0 Å². The fourth-order valence-corrected chi connectivity index (χ4v) is 3.36. The molecule has 3 aromatic rings. The van der Waals surface area contributed by atoms with Crippen LogP contribution in [0.2, 0.25) is 0 Å². The Morgan fingerprint density at radius 2 is 2.05 bits per heavy atom. The van der Waals surface area contributed by atoms with Gasteiger partial charge >= 0.3 is 0 Å². The van der Waals surface area contributed by atoms with E-state index in [2.05, 4.69) is 59.9 Å². The van der Waals surface area contributed by atoms with E-state index in [1.807, 2.05) is 0 Å². The van der Waals surface area contributed by atoms with Crippen molar-refractivity contribution < 1.29 is 0 Å². The molecular formula is C17H19N3S. The van der Waals surface area contributed by atoms with E-state index in [1.54, 1.807) is 11.3 Å². The lowest BCUT2D eigenvalue weighted by Crippen LogP contribution is -2.04. The summed E-state index contributed by atoms with van der Waals surface area (Å²) in [6.45, 7) is 5.11. The van der Waals surface area contributed by atoms with Gasteiger partial charge in [-0.1, -0.05) is 25.1 Å². The van der Waals surface area contributed by atoms with Crippen LogP contribution < -0.4 is 5.32 Å². The molecular weight excluding hydrogens is 278 g/mol. The molecule has 3 rings (SSSR count). The average molecular weight is 297 g/mol. The molecule has 0 spiro atoms. The van der Waals surface area contributed by atoms with Crippen LogP contribution in [0.5, 0.6) is 0 Å². The van der Waals surface area contributed by atoms with Gasteiger partial charge in [-0.15, -0.1) is 11.3 Å². The molecule has 0 saturated heterocycles. The van der Waals surface area contributed by atoms with Gasteiger partial charge in [0.05, 0.1) is 5.69 Å². The smallest absolute Gasteiger partial charge is 0.131 e. The Bertz CT molecular complexity index is 724. The number of aryl methyl sites for hydroxylation is 1. The summed E-state index contributed by atoms with van der Waals surface area (Å²) in [5, 5.41) is 6.72. The molecule has 0 fully saturated rings. The molecule has 0 radical (unpaired) electrons. The molecule has 2 aromatic heterocycles.